The average molecular weight is 380 g/mol. The van der Waals surface area contributed by atoms with Crippen molar-refractivity contribution in [1.29, 1.82) is 0 Å². The summed E-state index contributed by atoms with van der Waals surface area (Å²) >= 11 is 0. The largest absolute Gasteiger partial charge is 0.455 e. The monoisotopic (exact) mass is 380 g/mol. The van der Waals surface area contributed by atoms with Gasteiger partial charge in [0.2, 0.25) is 0 Å². The molecule has 0 aliphatic heterocycles. The molecule has 3 aromatic rings. The third-order valence-electron chi connectivity index (χ3n) is 3.90. The first kappa shape index (κ1) is 19.0. The van der Waals surface area contributed by atoms with Crippen molar-refractivity contribution in [3.05, 3.63) is 78.1 Å². The van der Waals surface area contributed by atoms with E-state index in [0.717, 1.165) is 16.3 Å². The first-order chi connectivity index (χ1) is 13.5. The van der Waals surface area contributed by atoms with Crippen LogP contribution in [0.2, 0.25) is 0 Å². The summed E-state index contributed by atoms with van der Waals surface area (Å²) in [5.41, 5.74) is 0.683. The normalized spacial score (nSPS) is 10.3. The lowest BCUT2D eigenvalue weighted by Crippen LogP contribution is -2.37. The number of rotatable bonds is 5. The number of amides is 3. The van der Waals surface area contributed by atoms with Gasteiger partial charge in [0.1, 0.15) is 5.82 Å². The second-order valence-corrected chi connectivity index (χ2v) is 6.00. The van der Waals surface area contributed by atoms with Gasteiger partial charge >= 0.3 is 12.0 Å². The lowest BCUT2D eigenvalue weighted by Gasteiger charge is -2.08. The van der Waals surface area contributed by atoms with Gasteiger partial charge < -0.3 is 10.1 Å². The number of ether oxygens (including phenoxy) is 1. The molecule has 0 heterocycles. The predicted octanol–water partition coefficient (Wildman–Crippen LogP) is 3.41. The molecule has 3 aromatic carbocycles. The maximum atomic E-state index is 13.4. The van der Waals surface area contributed by atoms with Gasteiger partial charge in [0.05, 0.1) is 12.1 Å². The van der Waals surface area contributed by atoms with Gasteiger partial charge in [0, 0.05) is 0 Å². The summed E-state index contributed by atoms with van der Waals surface area (Å²) in [4.78, 5) is 35.3. The van der Waals surface area contributed by atoms with Crippen molar-refractivity contribution < 1.29 is 23.5 Å². The van der Waals surface area contributed by atoms with Crippen LogP contribution in [-0.4, -0.2) is 24.5 Å². The molecular weight excluding hydrogens is 363 g/mol. The zero-order chi connectivity index (χ0) is 19.9. The summed E-state index contributed by atoms with van der Waals surface area (Å²) in [6.45, 7) is -0.614. The van der Waals surface area contributed by atoms with Gasteiger partial charge in [0.15, 0.2) is 6.61 Å². The van der Waals surface area contributed by atoms with Crippen molar-refractivity contribution in [2.75, 3.05) is 11.9 Å². The molecule has 3 amide bonds. The molecular formula is C21H17FN2O4. The number of nitrogens with one attached hydrogen (secondary N) is 2. The number of hydrogen-bond acceptors (Lipinski definition) is 4. The van der Waals surface area contributed by atoms with Crippen LogP contribution in [0.4, 0.5) is 14.9 Å². The van der Waals surface area contributed by atoms with Crippen LogP contribution in [-0.2, 0) is 20.7 Å². The molecule has 0 atom stereocenters. The average Bonchev–Trinajstić information content (AvgIpc) is 2.68. The zero-order valence-electron chi connectivity index (χ0n) is 14.8. The smallest absolute Gasteiger partial charge is 0.326 e. The molecule has 3 rings (SSSR count). The maximum absolute atomic E-state index is 13.4. The lowest BCUT2D eigenvalue weighted by molar-refractivity contribution is -0.147. The lowest BCUT2D eigenvalue weighted by atomic mass is 10.1. The van der Waals surface area contributed by atoms with E-state index in [9.17, 15) is 18.8 Å². The fourth-order valence-corrected chi connectivity index (χ4v) is 2.59. The van der Waals surface area contributed by atoms with Gasteiger partial charge in [0.25, 0.3) is 5.91 Å². The van der Waals surface area contributed by atoms with Crippen LogP contribution < -0.4 is 10.6 Å². The van der Waals surface area contributed by atoms with Gasteiger partial charge in [-0.1, -0.05) is 54.6 Å². The zero-order valence-corrected chi connectivity index (χ0v) is 14.8. The Bertz CT molecular complexity index is 1040. The van der Waals surface area contributed by atoms with Crippen molar-refractivity contribution in [3.8, 4) is 0 Å². The Morgan fingerprint density at radius 3 is 2.39 bits per heavy atom. The molecule has 0 saturated carbocycles. The van der Waals surface area contributed by atoms with Gasteiger partial charge in [-0.2, -0.15) is 0 Å². The van der Waals surface area contributed by atoms with E-state index < -0.39 is 30.3 Å². The Morgan fingerprint density at radius 2 is 1.61 bits per heavy atom. The summed E-state index contributed by atoms with van der Waals surface area (Å²) in [5, 5.41) is 6.22. The molecule has 2 N–H and O–H groups in total. The van der Waals surface area contributed by atoms with Crippen molar-refractivity contribution in [2.24, 2.45) is 0 Å². The number of urea groups is 1. The van der Waals surface area contributed by atoms with Gasteiger partial charge in [-0.15, -0.1) is 0 Å². The Labute approximate surface area is 160 Å². The van der Waals surface area contributed by atoms with Crippen LogP contribution in [0, 0.1) is 5.82 Å². The van der Waals surface area contributed by atoms with E-state index in [2.05, 4.69) is 5.32 Å². The first-order valence-electron chi connectivity index (χ1n) is 8.50. The molecule has 0 bridgehead atoms. The molecule has 0 spiro atoms. The van der Waals surface area contributed by atoms with Crippen molar-refractivity contribution in [2.45, 2.75) is 6.42 Å². The summed E-state index contributed by atoms with van der Waals surface area (Å²) in [7, 11) is 0. The molecule has 0 saturated heterocycles. The number of carbonyl (C=O) groups is 3. The number of fused-ring (bicyclic) bond motifs is 1. The predicted molar refractivity (Wildman–Crippen MR) is 102 cm³/mol. The summed E-state index contributed by atoms with van der Waals surface area (Å²) < 4.78 is 18.3. The van der Waals surface area contributed by atoms with Crippen LogP contribution in [0.1, 0.15) is 5.56 Å². The topological polar surface area (TPSA) is 84.5 Å². The standard InChI is InChI=1S/C21H17FN2O4/c22-17-7-3-4-8-18(17)23-21(27)24-19(25)13-28-20(26)12-14-9-10-15-5-1-2-6-16(15)11-14/h1-11H,12-13H2,(H2,23,24,25,27). The molecule has 0 radical (unpaired) electrons. The fraction of sp³-hybridized carbons (Fsp3) is 0.0952. The van der Waals surface area contributed by atoms with E-state index in [1.54, 1.807) is 0 Å². The number of hydrogen-bond donors (Lipinski definition) is 2. The van der Waals surface area contributed by atoms with Crippen LogP contribution in [0.5, 0.6) is 0 Å². The third kappa shape index (κ3) is 5.14. The quantitative estimate of drug-likeness (QED) is 0.665. The summed E-state index contributed by atoms with van der Waals surface area (Å²) in [6, 6.07) is 17.9. The van der Waals surface area contributed by atoms with E-state index >= 15 is 0 Å². The van der Waals surface area contributed by atoms with Gasteiger partial charge in [-0.3, -0.25) is 14.9 Å². The SMILES string of the molecule is O=C(COC(=O)Cc1ccc2ccccc2c1)NC(=O)Nc1ccccc1F. The first-order valence-corrected chi connectivity index (χ1v) is 8.50. The maximum Gasteiger partial charge on any atom is 0.326 e. The van der Waals surface area contributed by atoms with E-state index in [0.29, 0.717) is 0 Å². The molecule has 7 heteroatoms. The fourth-order valence-electron chi connectivity index (χ4n) is 2.59. The third-order valence-corrected chi connectivity index (χ3v) is 3.90. The van der Waals surface area contributed by atoms with Crippen LogP contribution >= 0.6 is 0 Å². The number of imide groups is 1. The number of carbonyl (C=O) groups excluding carboxylic acids is 3. The molecule has 0 aromatic heterocycles. The highest BCUT2D eigenvalue weighted by atomic mass is 19.1. The number of esters is 1. The van der Waals surface area contributed by atoms with Crippen molar-refractivity contribution in [1.82, 2.24) is 5.32 Å². The Balaban J connectivity index is 1.46. The van der Waals surface area contributed by atoms with Gasteiger partial charge in [-0.25, -0.2) is 9.18 Å². The molecule has 28 heavy (non-hydrogen) atoms. The van der Waals surface area contributed by atoms with E-state index in [4.69, 9.17) is 4.74 Å². The molecule has 0 aliphatic carbocycles. The van der Waals surface area contributed by atoms with Crippen molar-refractivity contribution >= 4 is 34.4 Å². The number of halogens is 1. The molecule has 0 fully saturated rings. The molecule has 6 nitrogen and oxygen atoms in total. The van der Waals surface area contributed by atoms with Crippen LogP contribution in [0.3, 0.4) is 0 Å². The molecule has 0 aliphatic rings. The Hall–Kier alpha value is -3.74. The van der Waals surface area contributed by atoms with Crippen LogP contribution in [0.25, 0.3) is 10.8 Å². The minimum atomic E-state index is -0.916. The van der Waals surface area contributed by atoms with Crippen LogP contribution in [0.15, 0.2) is 66.7 Å². The second-order valence-electron chi connectivity index (χ2n) is 6.00. The molecule has 0 unspecified atom stereocenters. The minimum absolute atomic E-state index is 0.000459. The van der Waals surface area contributed by atoms with E-state index in [1.807, 2.05) is 47.8 Å². The van der Waals surface area contributed by atoms with E-state index in [1.165, 1.54) is 24.3 Å². The Morgan fingerprint density at radius 1 is 0.893 bits per heavy atom. The number of anilines is 1. The highest BCUT2D eigenvalue weighted by Crippen LogP contribution is 2.16. The second kappa shape index (κ2) is 8.77. The number of benzene rings is 3. The summed E-state index contributed by atoms with van der Waals surface area (Å²) in [6.07, 6.45) is -0.000459. The minimum Gasteiger partial charge on any atom is -0.455 e. The molecule has 142 valence electrons. The van der Waals surface area contributed by atoms with Gasteiger partial charge in [-0.05, 0) is 28.5 Å². The Kier molecular flexibility index (Phi) is 5.96. The highest BCUT2D eigenvalue weighted by molar-refractivity contribution is 6.02. The van der Waals surface area contributed by atoms with E-state index in [-0.39, 0.29) is 12.1 Å². The van der Waals surface area contributed by atoms with Crippen molar-refractivity contribution in [3.63, 3.8) is 0 Å². The number of para-hydroxylation sites is 1. The highest BCUT2D eigenvalue weighted by Gasteiger charge is 2.13. The summed E-state index contributed by atoms with van der Waals surface area (Å²) in [5.74, 6) is -2.05.